The predicted octanol–water partition coefficient (Wildman–Crippen LogP) is 4.89. The molecule has 39 heavy (non-hydrogen) atoms. The number of hydrogen-bond donors (Lipinski definition) is 1. The van der Waals surface area contributed by atoms with Crippen LogP contribution in [0, 0.1) is 0 Å². The molecule has 4 heteroatoms. The normalized spacial score (nSPS) is 14.0. The van der Waals surface area contributed by atoms with Gasteiger partial charge in [0.25, 0.3) is 0 Å². The number of pyridine rings is 1. The fourth-order valence-corrected chi connectivity index (χ4v) is 10.4. The number of benzene rings is 4. The van der Waals surface area contributed by atoms with Crippen LogP contribution in [-0.4, -0.2) is 18.8 Å². The third-order valence-electron chi connectivity index (χ3n) is 7.32. The van der Waals surface area contributed by atoms with Crippen LogP contribution in [0.1, 0.15) is 16.8 Å². The van der Waals surface area contributed by atoms with Gasteiger partial charge in [-0.2, -0.15) is 0 Å². The van der Waals surface area contributed by atoms with Gasteiger partial charge in [0.15, 0.2) is 13.9 Å². The Morgan fingerprint density at radius 1 is 0.641 bits per heavy atom. The lowest BCUT2D eigenvalue weighted by Crippen LogP contribution is -2.70. The number of allylic oxidation sites excluding steroid dienone is 2. The van der Waals surface area contributed by atoms with Crippen LogP contribution in [0.15, 0.2) is 151 Å². The first-order valence-corrected chi connectivity index (χ1v) is 15.1. The van der Waals surface area contributed by atoms with Gasteiger partial charge in [-0.25, -0.2) is 0 Å². The second-order valence-electron chi connectivity index (χ2n) is 9.58. The summed E-state index contributed by atoms with van der Waals surface area (Å²) in [5, 5.41) is 7.78. The van der Waals surface area contributed by atoms with Crippen molar-refractivity contribution in [2.75, 3.05) is 0 Å². The third-order valence-corrected chi connectivity index (χ3v) is 12.1. The molecular weight excluding hydrogens is 492 g/mol. The lowest BCUT2D eigenvalue weighted by atomic mass is 9.92. The van der Waals surface area contributed by atoms with Gasteiger partial charge in [-0.15, -0.1) is 0 Å². The minimum absolute atomic E-state index is 0.0606. The van der Waals surface area contributed by atoms with Gasteiger partial charge in [-0.05, 0) is 38.8 Å². The van der Waals surface area contributed by atoms with Crippen molar-refractivity contribution in [3.05, 3.63) is 168 Å². The van der Waals surface area contributed by atoms with Gasteiger partial charge in [0.1, 0.15) is 0 Å². The zero-order valence-corrected chi connectivity index (χ0v) is 22.5. The van der Waals surface area contributed by atoms with Gasteiger partial charge < -0.3 is 5.32 Å². The molecule has 0 saturated heterocycles. The summed E-state index contributed by atoms with van der Waals surface area (Å²) in [7, 11) is -2.97. The monoisotopic (exact) mass is 520 g/mol. The van der Waals surface area contributed by atoms with E-state index >= 15 is 0 Å². The molecule has 0 atom stereocenters. The van der Waals surface area contributed by atoms with Gasteiger partial charge in [0.2, 0.25) is 0 Å². The number of ketones is 1. The van der Waals surface area contributed by atoms with Crippen LogP contribution in [0.25, 0.3) is 11.6 Å². The number of Topliss-reactive ketones (excluding diaryl/α,β-unsaturated/α-hetero) is 1. The molecule has 0 amide bonds. The summed E-state index contributed by atoms with van der Waals surface area (Å²) in [5.74, 6) is 0.0606. The maximum absolute atomic E-state index is 14.7. The summed E-state index contributed by atoms with van der Waals surface area (Å²) in [5.41, 5.74) is 3.59. The molecule has 1 aliphatic carbocycles. The molecule has 0 saturated carbocycles. The minimum atomic E-state index is -2.97. The van der Waals surface area contributed by atoms with Crippen LogP contribution in [0.3, 0.4) is 0 Å². The zero-order valence-electron chi connectivity index (χ0n) is 21.5. The van der Waals surface area contributed by atoms with Crippen molar-refractivity contribution in [2.45, 2.75) is 6.54 Å². The molecule has 0 bridgehead atoms. The smallest absolute Gasteiger partial charge is 0.188 e. The van der Waals surface area contributed by atoms with Gasteiger partial charge in [-0.1, -0.05) is 127 Å². The highest BCUT2D eigenvalue weighted by molar-refractivity contribution is 7.19. The first kappa shape index (κ1) is 24.5. The van der Waals surface area contributed by atoms with Crippen LogP contribution in [0.2, 0.25) is 0 Å². The summed E-state index contributed by atoms with van der Waals surface area (Å²) in [6.07, 6.45) is 5.81. The molecular formula is C35H28N2OSi. The number of fused-ring (bicyclic) bond motifs is 1. The minimum Gasteiger partial charge on any atom is -0.385 e. The Labute approximate surface area is 230 Å². The lowest BCUT2D eigenvalue weighted by molar-refractivity contribution is -0.110. The molecule has 1 N–H and O–H groups in total. The van der Waals surface area contributed by atoms with E-state index in [1.54, 1.807) is 6.20 Å². The van der Waals surface area contributed by atoms with Gasteiger partial charge in [-0.3, -0.25) is 9.78 Å². The highest BCUT2D eigenvalue weighted by Crippen LogP contribution is 2.34. The van der Waals surface area contributed by atoms with Gasteiger partial charge in [0.05, 0.1) is 12.2 Å². The number of hydrogen-bond acceptors (Lipinski definition) is 3. The molecule has 0 spiro atoms. The Morgan fingerprint density at radius 2 is 1.18 bits per heavy atom. The van der Waals surface area contributed by atoms with E-state index < -0.39 is 8.07 Å². The van der Waals surface area contributed by atoms with Gasteiger partial charge in [0, 0.05) is 23.2 Å². The molecule has 1 heterocycles. The molecule has 3 nitrogen and oxygen atoms in total. The molecule has 0 radical (unpaired) electrons. The fourth-order valence-electron chi connectivity index (χ4n) is 5.57. The first-order valence-electron chi connectivity index (χ1n) is 13.1. The van der Waals surface area contributed by atoms with E-state index in [4.69, 9.17) is 0 Å². The highest BCUT2D eigenvalue weighted by Gasteiger charge is 2.47. The molecule has 6 rings (SSSR count). The number of aromatic nitrogens is 1. The summed E-state index contributed by atoms with van der Waals surface area (Å²) in [4.78, 5) is 19.2. The average Bonchev–Trinajstić information content (AvgIpc) is 3.01. The molecule has 1 aromatic heterocycles. The van der Waals surface area contributed by atoms with E-state index in [2.05, 4.69) is 95.2 Å². The second kappa shape index (κ2) is 10.9. The third kappa shape index (κ3) is 4.56. The van der Waals surface area contributed by atoms with E-state index in [0.29, 0.717) is 12.1 Å². The molecule has 188 valence electrons. The number of rotatable bonds is 7. The summed E-state index contributed by atoms with van der Waals surface area (Å²) >= 11 is 0. The molecule has 0 fully saturated rings. The number of carbonyl (C=O) groups excluding carboxylic acids is 1. The summed E-state index contributed by atoms with van der Waals surface area (Å²) in [6, 6.07) is 45.7. The van der Waals surface area contributed by atoms with Crippen LogP contribution in [0.5, 0.6) is 0 Å². The topological polar surface area (TPSA) is 42.0 Å². The molecule has 0 unspecified atom stereocenters. The lowest BCUT2D eigenvalue weighted by Gasteiger charge is -2.37. The molecule has 4 aromatic carbocycles. The van der Waals surface area contributed by atoms with Crippen molar-refractivity contribution in [1.82, 2.24) is 10.3 Å². The maximum Gasteiger partial charge on any atom is 0.188 e. The quantitative estimate of drug-likeness (QED) is 0.189. The zero-order chi connectivity index (χ0) is 26.5. The Hall–Kier alpha value is -4.80. The predicted molar refractivity (Wildman–Crippen MR) is 162 cm³/mol. The first-order chi connectivity index (χ1) is 19.3. The van der Waals surface area contributed by atoms with Crippen molar-refractivity contribution in [2.24, 2.45) is 0 Å². The Kier molecular flexibility index (Phi) is 6.85. The summed E-state index contributed by atoms with van der Waals surface area (Å²) in [6.45, 7) is 0.539. The van der Waals surface area contributed by atoms with E-state index in [1.165, 1.54) is 15.6 Å². The van der Waals surface area contributed by atoms with E-state index in [-0.39, 0.29) is 5.78 Å². The van der Waals surface area contributed by atoms with Gasteiger partial charge >= 0.3 is 0 Å². The molecule has 0 aliphatic heterocycles. The van der Waals surface area contributed by atoms with E-state index in [0.717, 1.165) is 22.0 Å². The Balaban J connectivity index is 1.59. The summed E-state index contributed by atoms with van der Waals surface area (Å²) < 4.78 is 0. The number of nitrogens with one attached hydrogen (secondary N) is 1. The molecule has 1 aliphatic rings. The second-order valence-corrected chi connectivity index (χ2v) is 13.4. The average molecular weight is 521 g/mol. The number of carbonyl (C=O) groups is 1. The van der Waals surface area contributed by atoms with Crippen molar-refractivity contribution in [3.8, 4) is 0 Å². The van der Waals surface area contributed by atoms with Crippen LogP contribution in [-0.2, 0) is 11.3 Å². The SMILES string of the molecule is O=C1C([Si](c2ccccc2)(c2ccccc2)c2ccccc2)=Cc2ccccc2/C1=C\NCc1ccccn1. The Bertz CT molecular complexity index is 1550. The highest BCUT2D eigenvalue weighted by atomic mass is 28.3. The maximum atomic E-state index is 14.7. The van der Waals surface area contributed by atoms with E-state index in [9.17, 15) is 4.79 Å². The van der Waals surface area contributed by atoms with Crippen molar-refractivity contribution in [3.63, 3.8) is 0 Å². The van der Waals surface area contributed by atoms with E-state index in [1.807, 2.05) is 60.8 Å². The van der Waals surface area contributed by atoms with Crippen molar-refractivity contribution < 1.29 is 4.79 Å². The Morgan fingerprint density at radius 3 is 1.74 bits per heavy atom. The standard InChI is InChI=1S/C35H28N2OSi/c38-35-33(26-36-25-28-15-12-13-23-37-28)32-22-11-10-14-27(32)24-34(35)39(29-16-4-1-5-17-29,30-18-6-2-7-19-30)31-20-8-3-9-21-31/h1-24,26,36H,25H2/b33-26+. The largest absolute Gasteiger partial charge is 0.385 e. The van der Waals surface area contributed by atoms with Crippen LogP contribution < -0.4 is 20.9 Å². The van der Waals surface area contributed by atoms with Crippen LogP contribution in [0.4, 0.5) is 0 Å². The molecule has 5 aromatic rings. The number of nitrogens with zero attached hydrogens (tertiary/aromatic N) is 1. The van der Waals surface area contributed by atoms with Crippen LogP contribution >= 0.6 is 0 Å². The fraction of sp³-hybridized carbons (Fsp3) is 0.0286. The van der Waals surface area contributed by atoms with Crippen molar-refractivity contribution >= 4 is 41.1 Å². The van der Waals surface area contributed by atoms with Crippen molar-refractivity contribution in [1.29, 1.82) is 0 Å².